The SMILES string of the molecule is C=CCCCCCN(C)C(=O)C1CCCNC1.Cl. The van der Waals surface area contributed by atoms with Crippen LogP contribution in [0.2, 0.25) is 0 Å². The quantitative estimate of drug-likeness (QED) is 0.572. The van der Waals surface area contributed by atoms with Crippen molar-refractivity contribution >= 4 is 18.3 Å². The smallest absolute Gasteiger partial charge is 0.226 e. The zero-order chi connectivity index (χ0) is 12.5. The second kappa shape index (κ2) is 10.4. The van der Waals surface area contributed by atoms with Crippen molar-refractivity contribution in [2.45, 2.75) is 38.5 Å². The molecule has 1 aliphatic heterocycles. The van der Waals surface area contributed by atoms with Gasteiger partial charge in [0.15, 0.2) is 0 Å². The molecule has 1 rings (SSSR count). The van der Waals surface area contributed by atoms with E-state index >= 15 is 0 Å². The van der Waals surface area contributed by atoms with Gasteiger partial charge in [-0.2, -0.15) is 0 Å². The molecule has 1 aliphatic rings. The fraction of sp³-hybridized carbons (Fsp3) is 0.786. The molecule has 0 aromatic rings. The van der Waals surface area contributed by atoms with Crippen LogP contribution in [-0.4, -0.2) is 37.5 Å². The van der Waals surface area contributed by atoms with Crippen LogP contribution >= 0.6 is 12.4 Å². The Morgan fingerprint density at radius 1 is 1.44 bits per heavy atom. The number of unbranched alkanes of at least 4 members (excludes halogenated alkanes) is 3. The van der Waals surface area contributed by atoms with E-state index in [0.717, 1.165) is 45.3 Å². The second-order valence-corrected chi connectivity index (χ2v) is 4.94. The highest BCUT2D eigenvalue weighted by Crippen LogP contribution is 2.13. The van der Waals surface area contributed by atoms with Crippen molar-refractivity contribution in [3.8, 4) is 0 Å². The molecule has 0 bridgehead atoms. The minimum Gasteiger partial charge on any atom is -0.345 e. The Labute approximate surface area is 117 Å². The number of amides is 1. The maximum atomic E-state index is 12.1. The van der Waals surface area contributed by atoms with Crippen LogP contribution in [0.3, 0.4) is 0 Å². The Bertz CT molecular complexity index is 240. The molecule has 0 aromatic carbocycles. The normalized spacial score (nSPS) is 18.8. The fourth-order valence-corrected chi connectivity index (χ4v) is 2.30. The molecular formula is C14H27ClN2O. The highest BCUT2D eigenvalue weighted by Gasteiger charge is 2.23. The zero-order valence-corrected chi connectivity index (χ0v) is 12.3. The highest BCUT2D eigenvalue weighted by atomic mass is 35.5. The molecule has 1 unspecified atom stereocenters. The molecule has 18 heavy (non-hydrogen) atoms. The molecule has 1 saturated heterocycles. The first-order chi connectivity index (χ1) is 8.25. The molecule has 1 fully saturated rings. The third kappa shape index (κ3) is 6.41. The molecule has 4 heteroatoms. The average molecular weight is 275 g/mol. The molecule has 3 nitrogen and oxygen atoms in total. The van der Waals surface area contributed by atoms with Gasteiger partial charge in [0.1, 0.15) is 0 Å². The number of carbonyl (C=O) groups is 1. The first-order valence-electron chi connectivity index (χ1n) is 6.82. The van der Waals surface area contributed by atoms with Crippen molar-refractivity contribution in [2.24, 2.45) is 5.92 Å². The Hall–Kier alpha value is -0.540. The molecule has 0 saturated carbocycles. The average Bonchev–Trinajstić information content (AvgIpc) is 2.38. The number of carbonyl (C=O) groups excluding carboxylic acids is 1. The number of hydrogen-bond donors (Lipinski definition) is 1. The Kier molecular flexibility index (Phi) is 10.1. The summed E-state index contributed by atoms with van der Waals surface area (Å²) in [6.07, 6.45) is 8.71. The lowest BCUT2D eigenvalue weighted by molar-refractivity contribution is -0.134. The number of rotatable bonds is 7. The van der Waals surface area contributed by atoms with Crippen molar-refractivity contribution in [1.82, 2.24) is 10.2 Å². The number of hydrogen-bond acceptors (Lipinski definition) is 2. The summed E-state index contributed by atoms with van der Waals surface area (Å²) >= 11 is 0. The zero-order valence-electron chi connectivity index (χ0n) is 11.5. The number of nitrogens with one attached hydrogen (secondary N) is 1. The van der Waals surface area contributed by atoms with Crippen molar-refractivity contribution in [3.63, 3.8) is 0 Å². The molecule has 106 valence electrons. The molecule has 0 aromatic heterocycles. The van der Waals surface area contributed by atoms with Crippen LogP contribution < -0.4 is 5.32 Å². The Morgan fingerprint density at radius 2 is 2.22 bits per heavy atom. The van der Waals surface area contributed by atoms with E-state index in [2.05, 4.69) is 11.9 Å². The third-order valence-electron chi connectivity index (χ3n) is 3.42. The van der Waals surface area contributed by atoms with Gasteiger partial charge in [0.05, 0.1) is 5.92 Å². The van der Waals surface area contributed by atoms with Gasteiger partial charge < -0.3 is 10.2 Å². The lowest BCUT2D eigenvalue weighted by atomic mass is 9.98. The molecular weight excluding hydrogens is 248 g/mol. The standard InChI is InChI=1S/C14H26N2O.ClH/c1-3-4-5-6-7-11-16(2)14(17)13-9-8-10-15-12-13;/h3,13,15H,1,4-12H2,2H3;1H. The van der Waals surface area contributed by atoms with Gasteiger partial charge in [0, 0.05) is 20.1 Å². The predicted octanol–water partition coefficient (Wildman–Crippen LogP) is 2.61. The van der Waals surface area contributed by atoms with E-state index in [4.69, 9.17) is 0 Å². The van der Waals surface area contributed by atoms with Gasteiger partial charge in [0.25, 0.3) is 0 Å². The van der Waals surface area contributed by atoms with Gasteiger partial charge in [-0.05, 0) is 38.6 Å². The van der Waals surface area contributed by atoms with E-state index in [-0.39, 0.29) is 18.3 Å². The Morgan fingerprint density at radius 3 is 2.83 bits per heavy atom. The van der Waals surface area contributed by atoms with E-state index in [1.807, 2.05) is 18.0 Å². The lowest BCUT2D eigenvalue weighted by Gasteiger charge is -2.27. The summed E-state index contributed by atoms with van der Waals surface area (Å²) < 4.78 is 0. The molecule has 1 heterocycles. The maximum absolute atomic E-state index is 12.1. The summed E-state index contributed by atoms with van der Waals surface area (Å²) in [5, 5.41) is 3.30. The number of allylic oxidation sites excluding steroid dienone is 1. The Balaban J connectivity index is 0.00000289. The first-order valence-corrected chi connectivity index (χ1v) is 6.82. The third-order valence-corrected chi connectivity index (χ3v) is 3.42. The lowest BCUT2D eigenvalue weighted by Crippen LogP contribution is -2.41. The summed E-state index contributed by atoms with van der Waals surface area (Å²) in [6.45, 7) is 6.53. The molecule has 1 N–H and O–H groups in total. The topological polar surface area (TPSA) is 32.3 Å². The van der Waals surface area contributed by atoms with Crippen LogP contribution in [0.15, 0.2) is 12.7 Å². The van der Waals surface area contributed by atoms with Crippen molar-refractivity contribution in [2.75, 3.05) is 26.7 Å². The molecule has 0 spiro atoms. The summed E-state index contributed by atoms with van der Waals surface area (Å²) in [7, 11) is 1.93. The number of nitrogens with zero attached hydrogens (tertiary/aromatic N) is 1. The monoisotopic (exact) mass is 274 g/mol. The molecule has 0 radical (unpaired) electrons. The van der Waals surface area contributed by atoms with Crippen LogP contribution in [0.1, 0.15) is 38.5 Å². The number of piperidine rings is 1. The van der Waals surface area contributed by atoms with Crippen LogP contribution in [0.25, 0.3) is 0 Å². The molecule has 1 amide bonds. The molecule has 1 atom stereocenters. The van der Waals surface area contributed by atoms with Crippen LogP contribution in [0.4, 0.5) is 0 Å². The summed E-state index contributed by atoms with van der Waals surface area (Å²) in [4.78, 5) is 14.0. The van der Waals surface area contributed by atoms with Gasteiger partial charge >= 0.3 is 0 Å². The van der Waals surface area contributed by atoms with E-state index in [9.17, 15) is 4.79 Å². The van der Waals surface area contributed by atoms with E-state index < -0.39 is 0 Å². The van der Waals surface area contributed by atoms with Crippen LogP contribution in [0, 0.1) is 5.92 Å². The van der Waals surface area contributed by atoms with E-state index in [0.29, 0.717) is 5.91 Å². The van der Waals surface area contributed by atoms with Gasteiger partial charge in [0.2, 0.25) is 5.91 Å². The van der Waals surface area contributed by atoms with Crippen LogP contribution in [-0.2, 0) is 4.79 Å². The van der Waals surface area contributed by atoms with Gasteiger partial charge in [-0.1, -0.05) is 12.5 Å². The minimum atomic E-state index is 0. The van der Waals surface area contributed by atoms with Gasteiger partial charge in [-0.15, -0.1) is 19.0 Å². The minimum absolute atomic E-state index is 0. The van der Waals surface area contributed by atoms with Gasteiger partial charge in [-0.25, -0.2) is 0 Å². The van der Waals surface area contributed by atoms with E-state index in [1.54, 1.807) is 0 Å². The summed E-state index contributed by atoms with van der Waals surface area (Å²) in [5.41, 5.74) is 0. The number of halogens is 1. The predicted molar refractivity (Wildman–Crippen MR) is 79.1 cm³/mol. The largest absolute Gasteiger partial charge is 0.345 e. The fourth-order valence-electron chi connectivity index (χ4n) is 2.30. The van der Waals surface area contributed by atoms with Crippen molar-refractivity contribution in [3.05, 3.63) is 12.7 Å². The highest BCUT2D eigenvalue weighted by molar-refractivity contribution is 5.85. The maximum Gasteiger partial charge on any atom is 0.226 e. The van der Waals surface area contributed by atoms with Crippen molar-refractivity contribution in [1.29, 1.82) is 0 Å². The van der Waals surface area contributed by atoms with Crippen LogP contribution in [0.5, 0.6) is 0 Å². The second-order valence-electron chi connectivity index (χ2n) is 4.94. The van der Waals surface area contributed by atoms with Crippen molar-refractivity contribution < 1.29 is 4.79 Å². The van der Waals surface area contributed by atoms with E-state index in [1.165, 1.54) is 12.8 Å². The first kappa shape index (κ1) is 17.5. The van der Waals surface area contributed by atoms with Gasteiger partial charge in [-0.3, -0.25) is 4.79 Å². The summed E-state index contributed by atoms with van der Waals surface area (Å²) in [6, 6.07) is 0. The summed E-state index contributed by atoms with van der Waals surface area (Å²) in [5.74, 6) is 0.530. The molecule has 0 aliphatic carbocycles.